The molecule has 1 aromatic rings. The van der Waals surface area contributed by atoms with Gasteiger partial charge in [0, 0.05) is 19.3 Å². The molecular formula is C20H29F3N3O+. The topological polar surface area (TPSA) is 55.1 Å². The maximum atomic E-state index is 13.4. The predicted molar refractivity (Wildman–Crippen MR) is 97.5 cm³/mol. The molecule has 1 aliphatic heterocycles. The van der Waals surface area contributed by atoms with Crippen LogP contribution in [0.2, 0.25) is 0 Å². The second kappa shape index (κ2) is 7.43. The fourth-order valence-electron chi connectivity index (χ4n) is 4.81. The van der Waals surface area contributed by atoms with Crippen molar-refractivity contribution < 1.29 is 22.4 Å². The molecule has 2 aliphatic rings. The number of likely N-dealkylation sites (tertiary alicyclic amines) is 1. The van der Waals surface area contributed by atoms with E-state index in [0.717, 1.165) is 31.5 Å². The molecule has 3 N–H and O–H groups in total. The number of amides is 1. The molecule has 0 aromatic heterocycles. The van der Waals surface area contributed by atoms with E-state index in [1.54, 1.807) is 0 Å². The molecule has 1 unspecified atom stereocenters. The zero-order chi connectivity index (χ0) is 19.7. The van der Waals surface area contributed by atoms with Gasteiger partial charge in [-0.25, -0.2) is 0 Å². The van der Waals surface area contributed by atoms with Crippen molar-refractivity contribution in [3.8, 4) is 0 Å². The number of quaternary nitrogens is 1. The fourth-order valence-corrected chi connectivity index (χ4v) is 4.81. The Kier molecular flexibility index (Phi) is 5.54. The van der Waals surface area contributed by atoms with Crippen LogP contribution in [0.15, 0.2) is 30.3 Å². The first-order valence-electron chi connectivity index (χ1n) is 9.68. The van der Waals surface area contributed by atoms with E-state index in [9.17, 15) is 18.0 Å². The Morgan fingerprint density at radius 3 is 2.44 bits per heavy atom. The maximum Gasteiger partial charge on any atom is 0.392 e. The van der Waals surface area contributed by atoms with Crippen molar-refractivity contribution in [3.05, 3.63) is 35.9 Å². The lowest BCUT2D eigenvalue weighted by molar-refractivity contribution is -0.952. The summed E-state index contributed by atoms with van der Waals surface area (Å²) < 4.78 is 40.7. The summed E-state index contributed by atoms with van der Waals surface area (Å²) in [6.45, 7) is 1.51. The zero-order valence-corrected chi connectivity index (χ0v) is 15.8. The second-order valence-electron chi connectivity index (χ2n) is 8.34. The molecule has 3 atom stereocenters. The van der Waals surface area contributed by atoms with Crippen molar-refractivity contribution in [1.82, 2.24) is 5.32 Å². The number of likely N-dealkylation sites (N-methyl/N-ethyl adjacent to an activating group) is 1. The summed E-state index contributed by atoms with van der Waals surface area (Å²) in [5.41, 5.74) is 6.51. The number of halogens is 3. The van der Waals surface area contributed by atoms with E-state index >= 15 is 0 Å². The lowest BCUT2D eigenvalue weighted by Gasteiger charge is -2.54. The van der Waals surface area contributed by atoms with Gasteiger partial charge in [-0.05, 0) is 18.4 Å². The van der Waals surface area contributed by atoms with Gasteiger partial charge in [-0.15, -0.1) is 0 Å². The molecule has 0 spiro atoms. The first-order valence-corrected chi connectivity index (χ1v) is 9.68. The van der Waals surface area contributed by atoms with Gasteiger partial charge in [0.25, 0.3) is 0 Å². The number of hydrogen-bond donors (Lipinski definition) is 2. The van der Waals surface area contributed by atoms with Crippen LogP contribution in [-0.2, 0) is 11.2 Å². The van der Waals surface area contributed by atoms with Crippen LogP contribution >= 0.6 is 0 Å². The average Bonchev–Trinajstić information content (AvgIpc) is 3.05. The lowest BCUT2D eigenvalue weighted by atomic mass is 9.75. The van der Waals surface area contributed by atoms with E-state index in [0.29, 0.717) is 4.48 Å². The molecule has 0 radical (unpaired) electrons. The highest BCUT2D eigenvalue weighted by molar-refractivity contribution is 5.79. The Bertz CT molecular complexity index is 658. The third kappa shape index (κ3) is 4.14. The van der Waals surface area contributed by atoms with Crippen molar-refractivity contribution in [2.75, 3.05) is 20.1 Å². The Balaban J connectivity index is 1.78. The van der Waals surface area contributed by atoms with E-state index < -0.39 is 23.8 Å². The molecule has 7 heteroatoms. The normalized spacial score (nSPS) is 30.9. The average molecular weight is 384 g/mol. The number of nitrogens with two attached hydrogens (primary N) is 1. The zero-order valence-electron chi connectivity index (χ0n) is 15.8. The van der Waals surface area contributed by atoms with Crippen molar-refractivity contribution in [3.63, 3.8) is 0 Å². The van der Waals surface area contributed by atoms with Crippen LogP contribution in [0.5, 0.6) is 0 Å². The van der Waals surface area contributed by atoms with E-state index in [1.165, 1.54) is 0 Å². The van der Waals surface area contributed by atoms with Gasteiger partial charge in [0.2, 0.25) is 5.91 Å². The van der Waals surface area contributed by atoms with Crippen molar-refractivity contribution in [2.24, 2.45) is 11.7 Å². The SMILES string of the molecule is C[N+]1([C@]2(N)C[C@@H](C(F)(F)F)CCC2NC(=O)Cc2ccccc2)CCCC1. The third-order valence-electron chi connectivity index (χ3n) is 6.54. The summed E-state index contributed by atoms with van der Waals surface area (Å²) in [6, 6.07) is 8.88. The molecule has 1 amide bonds. The van der Waals surface area contributed by atoms with Crippen molar-refractivity contribution in [1.29, 1.82) is 0 Å². The monoisotopic (exact) mass is 384 g/mol. The van der Waals surface area contributed by atoms with Crippen LogP contribution in [0, 0.1) is 5.92 Å². The molecule has 1 saturated heterocycles. The van der Waals surface area contributed by atoms with Gasteiger partial charge in [0.05, 0.1) is 38.5 Å². The Hall–Kier alpha value is -1.60. The van der Waals surface area contributed by atoms with Gasteiger partial charge in [-0.3, -0.25) is 10.5 Å². The number of benzene rings is 1. The largest absolute Gasteiger partial charge is 0.392 e. The molecule has 150 valence electrons. The fraction of sp³-hybridized carbons (Fsp3) is 0.650. The molecule has 1 aromatic carbocycles. The first kappa shape index (κ1) is 20.1. The first-order chi connectivity index (χ1) is 12.6. The highest BCUT2D eigenvalue weighted by Crippen LogP contribution is 2.45. The van der Waals surface area contributed by atoms with Gasteiger partial charge < -0.3 is 9.80 Å². The molecule has 27 heavy (non-hydrogen) atoms. The Labute approximate surface area is 158 Å². The van der Waals surface area contributed by atoms with Gasteiger partial charge in [0.15, 0.2) is 5.66 Å². The maximum absolute atomic E-state index is 13.4. The number of rotatable bonds is 4. The number of nitrogens with one attached hydrogen (secondary N) is 1. The van der Waals surface area contributed by atoms with E-state index in [4.69, 9.17) is 5.73 Å². The van der Waals surface area contributed by atoms with E-state index in [1.807, 2.05) is 37.4 Å². The minimum Gasteiger partial charge on any atom is -0.345 e. The Morgan fingerprint density at radius 1 is 1.22 bits per heavy atom. The summed E-state index contributed by atoms with van der Waals surface area (Å²) in [5.74, 6) is -1.59. The van der Waals surface area contributed by atoms with Gasteiger partial charge in [0.1, 0.15) is 0 Å². The summed E-state index contributed by atoms with van der Waals surface area (Å²) >= 11 is 0. The predicted octanol–water partition coefficient (Wildman–Crippen LogP) is 2.97. The molecule has 1 saturated carbocycles. The Morgan fingerprint density at radius 2 is 1.85 bits per heavy atom. The molecular weight excluding hydrogens is 355 g/mol. The van der Waals surface area contributed by atoms with Crippen LogP contribution in [0.3, 0.4) is 0 Å². The third-order valence-corrected chi connectivity index (χ3v) is 6.54. The van der Waals surface area contributed by atoms with Crippen LogP contribution in [-0.4, -0.2) is 48.4 Å². The van der Waals surface area contributed by atoms with Gasteiger partial charge in [-0.2, -0.15) is 13.2 Å². The number of carbonyl (C=O) groups excluding carboxylic acids is 1. The van der Waals surface area contributed by atoms with E-state index in [2.05, 4.69) is 5.32 Å². The minimum absolute atomic E-state index is 0.0126. The summed E-state index contributed by atoms with van der Waals surface area (Å²) in [5, 5.41) is 2.99. The highest BCUT2D eigenvalue weighted by Gasteiger charge is 2.59. The molecule has 1 aliphatic carbocycles. The summed E-state index contributed by atoms with van der Waals surface area (Å²) in [4.78, 5) is 12.6. The lowest BCUT2D eigenvalue weighted by Crippen LogP contribution is -2.77. The summed E-state index contributed by atoms with van der Waals surface area (Å²) in [6.07, 6.45) is -1.99. The second-order valence-corrected chi connectivity index (χ2v) is 8.34. The molecule has 0 bridgehead atoms. The molecule has 2 fully saturated rings. The van der Waals surface area contributed by atoms with Gasteiger partial charge in [-0.1, -0.05) is 30.3 Å². The van der Waals surface area contributed by atoms with E-state index in [-0.39, 0.29) is 31.6 Å². The van der Waals surface area contributed by atoms with Crippen LogP contribution in [0.4, 0.5) is 13.2 Å². The molecule has 4 nitrogen and oxygen atoms in total. The van der Waals surface area contributed by atoms with Gasteiger partial charge >= 0.3 is 6.18 Å². The molecule has 1 heterocycles. The number of hydrogen-bond acceptors (Lipinski definition) is 2. The standard InChI is InChI=1S/C20H28F3N3O/c1-26(11-5-6-12-26)19(24)14-16(20(21,22)23)9-10-17(19)25-18(27)13-15-7-3-2-4-8-15/h2-4,7-8,16-17H,5-6,9-14,24H2,1H3/p+1/t16-,17?,19+/m0/s1. The highest BCUT2D eigenvalue weighted by atomic mass is 19.4. The van der Waals surface area contributed by atoms with Crippen molar-refractivity contribution >= 4 is 5.91 Å². The van der Waals surface area contributed by atoms with Crippen molar-refractivity contribution in [2.45, 2.75) is 56.4 Å². The van der Waals surface area contributed by atoms with Crippen LogP contribution in [0.1, 0.15) is 37.7 Å². The van der Waals surface area contributed by atoms with Crippen LogP contribution < -0.4 is 11.1 Å². The van der Waals surface area contributed by atoms with Crippen LogP contribution in [0.25, 0.3) is 0 Å². The number of alkyl halides is 3. The number of carbonyl (C=O) groups is 1. The number of nitrogens with zero attached hydrogens (tertiary/aromatic N) is 1. The smallest absolute Gasteiger partial charge is 0.345 e. The quantitative estimate of drug-likeness (QED) is 0.785. The minimum atomic E-state index is -4.25. The molecule has 3 rings (SSSR count). The summed E-state index contributed by atoms with van der Waals surface area (Å²) in [7, 11) is 1.95.